The molecule has 1 heterocycles. The van der Waals surface area contributed by atoms with E-state index in [2.05, 4.69) is 12.1 Å². The molecule has 88 valence electrons. The number of ether oxygens (including phenoxy) is 1. The molecular formula is C15H16O2. The molecule has 2 atom stereocenters. The van der Waals surface area contributed by atoms with Crippen LogP contribution in [0.2, 0.25) is 0 Å². The average Bonchev–Trinajstić information content (AvgIpc) is 2.39. The Bertz CT molecular complexity index is 447. The molecule has 2 heteroatoms. The van der Waals surface area contributed by atoms with Crippen LogP contribution in [-0.4, -0.2) is 5.78 Å². The molecule has 2 unspecified atom stereocenters. The largest absolute Gasteiger partial charge is 0.490 e. The van der Waals surface area contributed by atoms with E-state index in [-0.39, 0.29) is 6.10 Å². The minimum atomic E-state index is 0.173. The van der Waals surface area contributed by atoms with Gasteiger partial charge in [0.15, 0.2) is 0 Å². The van der Waals surface area contributed by atoms with Gasteiger partial charge >= 0.3 is 0 Å². The summed E-state index contributed by atoms with van der Waals surface area (Å²) < 4.78 is 6.03. The van der Waals surface area contributed by atoms with E-state index in [0.717, 1.165) is 18.6 Å². The smallest absolute Gasteiger partial charge is 0.137 e. The first kappa shape index (κ1) is 10.6. The number of Topliss-reactive ketones (excluding diaryl/α,β-unsaturated/α-hetero) is 1. The van der Waals surface area contributed by atoms with Gasteiger partial charge in [-0.3, -0.25) is 4.79 Å². The molecule has 0 saturated carbocycles. The zero-order chi connectivity index (χ0) is 11.7. The number of ketones is 1. The molecule has 0 amide bonds. The van der Waals surface area contributed by atoms with E-state index < -0.39 is 0 Å². The minimum absolute atomic E-state index is 0.173. The van der Waals surface area contributed by atoms with Crippen LogP contribution in [0.3, 0.4) is 0 Å². The maximum atomic E-state index is 11.4. The maximum Gasteiger partial charge on any atom is 0.137 e. The molecule has 1 aromatic carbocycles. The fourth-order valence-corrected chi connectivity index (χ4v) is 2.71. The van der Waals surface area contributed by atoms with Crippen LogP contribution >= 0.6 is 0 Å². The van der Waals surface area contributed by atoms with Gasteiger partial charge < -0.3 is 4.74 Å². The summed E-state index contributed by atoms with van der Waals surface area (Å²) in [6, 6.07) is 10.3. The topological polar surface area (TPSA) is 26.3 Å². The van der Waals surface area contributed by atoms with Crippen LogP contribution in [0.5, 0.6) is 0 Å². The van der Waals surface area contributed by atoms with Crippen molar-refractivity contribution >= 4 is 5.78 Å². The van der Waals surface area contributed by atoms with E-state index in [9.17, 15) is 4.79 Å². The van der Waals surface area contributed by atoms with Crippen molar-refractivity contribution in [3.8, 4) is 0 Å². The lowest BCUT2D eigenvalue weighted by Crippen LogP contribution is -2.24. The SMILES string of the molecule is O=C1CC=C2OC(c3ccccc3)CCC2C1. The molecule has 17 heavy (non-hydrogen) atoms. The van der Waals surface area contributed by atoms with Gasteiger partial charge in [-0.25, -0.2) is 0 Å². The van der Waals surface area contributed by atoms with Crippen molar-refractivity contribution in [1.29, 1.82) is 0 Å². The molecule has 1 aliphatic carbocycles. The van der Waals surface area contributed by atoms with Gasteiger partial charge in [-0.05, 0) is 24.5 Å². The standard InChI is InChI=1S/C15H16O2/c16-13-7-9-15-12(10-13)6-8-14(17-15)11-4-2-1-3-5-11/h1-5,9,12,14H,6-8,10H2. The molecule has 0 N–H and O–H groups in total. The van der Waals surface area contributed by atoms with Gasteiger partial charge in [-0.1, -0.05) is 30.3 Å². The van der Waals surface area contributed by atoms with Crippen molar-refractivity contribution in [2.75, 3.05) is 0 Å². The summed E-state index contributed by atoms with van der Waals surface area (Å²) in [5, 5.41) is 0. The molecule has 1 fully saturated rings. The van der Waals surface area contributed by atoms with Crippen LogP contribution in [0.15, 0.2) is 42.2 Å². The molecule has 0 bridgehead atoms. The van der Waals surface area contributed by atoms with Crippen molar-refractivity contribution in [2.24, 2.45) is 5.92 Å². The number of carbonyl (C=O) groups excluding carboxylic acids is 1. The molecule has 0 radical (unpaired) electrons. The van der Waals surface area contributed by atoms with E-state index >= 15 is 0 Å². The predicted molar refractivity (Wildman–Crippen MR) is 65.3 cm³/mol. The van der Waals surface area contributed by atoms with Crippen molar-refractivity contribution in [3.63, 3.8) is 0 Å². The van der Waals surface area contributed by atoms with Crippen LogP contribution in [0.1, 0.15) is 37.4 Å². The maximum absolute atomic E-state index is 11.4. The third kappa shape index (κ3) is 2.12. The van der Waals surface area contributed by atoms with Crippen molar-refractivity contribution in [3.05, 3.63) is 47.7 Å². The second-order valence-corrected chi connectivity index (χ2v) is 4.84. The van der Waals surface area contributed by atoms with Crippen LogP contribution in [-0.2, 0) is 9.53 Å². The number of fused-ring (bicyclic) bond motifs is 1. The number of hydrogen-bond donors (Lipinski definition) is 0. The zero-order valence-electron chi connectivity index (χ0n) is 9.76. The van der Waals surface area contributed by atoms with Crippen molar-refractivity contribution in [1.82, 2.24) is 0 Å². The summed E-state index contributed by atoms with van der Waals surface area (Å²) in [5.41, 5.74) is 1.24. The number of benzene rings is 1. The van der Waals surface area contributed by atoms with E-state index in [1.54, 1.807) is 0 Å². The average molecular weight is 228 g/mol. The fraction of sp³-hybridized carbons (Fsp3) is 0.400. The summed E-state index contributed by atoms with van der Waals surface area (Å²) in [5.74, 6) is 1.74. The lowest BCUT2D eigenvalue weighted by Gasteiger charge is -2.34. The Morgan fingerprint density at radius 3 is 2.76 bits per heavy atom. The van der Waals surface area contributed by atoms with Crippen LogP contribution in [0, 0.1) is 5.92 Å². The Labute approximate surface area is 101 Å². The third-order valence-electron chi connectivity index (χ3n) is 3.63. The molecular weight excluding hydrogens is 212 g/mol. The molecule has 1 aromatic rings. The van der Waals surface area contributed by atoms with Crippen LogP contribution in [0.25, 0.3) is 0 Å². The number of allylic oxidation sites excluding steroid dienone is 2. The summed E-state index contributed by atoms with van der Waals surface area (Å²) in [6.07, 6.45) is 5.45. The Morgan fingerprint density at radius 2 is 1.94 bits per heavy atom. The fourth-order valence-electron chi connectivity index (χ4n) is 2.71. The van der Waals surface area contributed by atoms with Crippen LogP contribution < -0.4 is 0 Å². The Morgan fingerprint density at radius 1 is 1.12 bits per heavy atom. The van der Waals surface area contributed by atoms with Gasteiger partial charge in [-0.2, -0.15) is 0 Å². The van der Waals surface area contributed by atoms with E-state index in [0.29, 0.717) is 24.5 Å². The normalized spacial score (nSPS) is 28.0. The van der Waals surface area contributed by atoms with Gasteiger partial charge in [0.05, 0.1) is 5.76 Å². The summed E-state index contributed by atoms with van der Waals surface area (Å²) in [6.45, 7) is 0. The first-order chi connectivity index (χ1) is 8.33. The molecule has 0 aromatic heterocycles. The number of hydrogen-bond acceptors (Lipinski definition) is 2. The second-order valence-electron chi connectivity index (χ2n) is 4.84. The summed E-state index contributed by atoms with van der Waals surface area (Å²) in [7, 11) is 0. The molecule has 2 nitrogen and oxygen atoms in total. The highest BCUT2D eigenvalue weighted by molar-refractivity contribution is 5.81. The number of rotatable bonds is 1. The van der Waals surface area contributed by atoms with Gasteiger partial charge in [-0.15, -0.1) is 0 Å². The van der Waals surface area contributed by atoms with Gasteiger partial charge in [0.1, 0.15) is 11.9 Å². The molecule has 1 aliphatic heterocycles. The first-order valence-corrected chi connectivity index (χ1v) is 6.26. The predicted octanol–water partition coefficient (Wildman–Crippen LogP) is 3.40. The minimum Gasteiger partial charge on any atom is -0.490 e. The number of carbonyl (C=O) groups is 1. The highest BCUT2D eigenvalue weighted by Gasteiger charge is 2.31. The molecule has 2 aliphatic rings. The Kier molecular flexibility index (Phi) is 2.71. The van der Waals surface area contributed by atoms with Crippen molar-refractivity contribution in [2.45, 2.75) is 31.8 Å². The molecule has 0 spiro atoms. The van der Waals surface area contributed by atoms with Gasteiger partial charge in [0.2, 0.25) is 0 Å². The van der Waals surface area contributed by atoms with Gasteiger partial charge in [0, 0.05) is 18.8 Å². The van der Waals surface area contributed by atoms with E-state index in [1.807, 2.05) is 24.3 Å². The van der Waals surface area contributed by atoms with Gasteiger partial charge in [0.25, 0.3) is 0 Å². The zero-order valence-corrected chi connectivity index (χ0v) is 9.76. The Hall–Kier alpha value is -1.57. The lowest BCUT2D eigenvalue weighted by molar-refractivity contribution is -0.120. The second kappa shape index (κ2) is 4.36. The van der Waals surface area contributed by atoms with E-state index in [1.165, 1.54) is 5.56 Å². The molecule has 3 rings (SSSR count). The quantitative estimate of drug-likeness (QED) is 0.736. The van der Waals surface area contributed by atoms with Crippen molar-refractivity contribution < 1.29 is 9.53 Å². The van der Waals surface area contributed by atoms with Crippen LogP contribution in [0.4, 0.5) is 0 Å². The lowest BCUT2D eigenvalue weighted by atomic mass is 9.85. The first-order valence-electron chi connectivity index (χ1n) is 6.26. The Balaban J connectivity index is 1.78. The third-order valence-corrected chi connectivity index (χ3v) is 3.63. The highest BCUT2D eigenvalue weighted by atomic mass is 16.5. The molecule has 1 saturated heterocycles. The van der Waals surface area contributed by atoms with E-state index in [4.69, 9.17) is 4.74 Å². The summed E-state index contributed by atoms with van der Waals surface area (Å²) in [4.78, 5) is 11.4. The summed E-state index contributed by atoms with van der Waals surface area (Å²) >= 11 is 0. The monoisotopic (exact) mass is 228 g/mol. The highest BCUT2D eigenvalue weighted by Crippen LogP contribution is 2.40.